The largest absolute Gasteiger partial charge is 0.365 e. The van der Waals surface area contributed by atoms with Gasteiger partial charge >= 0.3 is 0 Å². The molecule has 8 heteroatoms. The van der Waals surface area contributed by atoms with Crippen molar-refractivity contribution in [2.45, 2.75) is 19.4 Å². The van der Waals surface area contributed by atoms with Gasteiger partial charge in [0.2, 0.25) is 0 Å². The van der Waals surface area contributed by atoms with E-state index < -0.39 is 10.7 Å². The van der Waals surface area contributed by atoms with E-state index in [2.05, 4.69) is 10.3 Å². The maximum Gasteiger partial charge on any atom is 0.287 e. The summed E-state index contributed by atoms with van der Waals surface area (Å²) in [5.41, 5.74) is 1.03. The summed E-state index contributed by atoms with van der Waals surface area (Å²) >= 11 is 0. The topological polar surface area (TPSA) is 88.4 Å². The molecule has 1 N–H and O–H groups in total. The Morgan fingerprint density at radius 2 is 2.20 bits per heavy atom. The van der Waals surface area contributed by atoms with Gasteiger partial charge in [0.05, 0.1) is 4.92 Å². The van der Waals surface area contributed by atoms with Gasteiger partial charge in [0.15, 0.2) is 0 Å². The summed E-state index contributed by atoms with van der Waals surface area (Å²) in [6.07, 6.45) is 1.91. The molecule has 0 bridgehead atoms. The summed E-state index contributed by atoms with van der Waals surface area (Å²) in [5.74, 6) is -0.109. The van der Waals surface area contributed by atoms with Crippen LogP contribution in [0.2, 0.25) is 0 Å². The molecule has 1 aliphatic rings. The minimum atomic E-state index is -0.506. The molecule has 3 rings (SSSR count). The third-order valence-corrected chi connectivity index (χ3v) is 4.22. The third kappa shape index (κ3) is 3.73. The Morgan fingerprint density at radius 1 is 1.40 bits per heavy atom. The maximum atomic E-state index is 13.4. The van der Waals surface area contributed by atoms with Crippen LogP contribution in [0.15, 0.2) is 36.5 Å². The number of anilines is 1. The predicted molar refractivity (Wildman–Crippen MR) is 90.0 cm³/mol. The highest BCUT2D eigenvalue weighted by atomic mass is 19.1. The van der Waals surface area contributed by atoms with Gasteiger partial charge in [-0.05, 0) is 37.1 Å². The lowest BCUT2D eigenvalue weighted by atomic mass is 10.1. The van der Waals surface area contributed by atoms with Crippen LogP contribution in [0.25, 0.3) is 0 Å². The number of aromatic nitrogens is 1. The number of likely N-dealkylation sites (tertiary alicyclic amines) is 1. The number of hydrogen-bond acceptors (Lipinski definition) is 5. The number of halogens is 1. The molecule has 2 aromatic rings. The number of hydrogen-bond donors (Lipinski definition) is 1. The molecule has 0 aliphatic carbocycles. The Morgan fingerprint density at radius 3 is 2.88 bits per heavy atom. The van der Waals surface area contributed by atoms with Crippen molar-refractivity contribution in [3.05, 3.63) is 63.6 Å². The summed E-state index contributed by atoms with van der Waals surface area (Å²) in [4.78, 5) is 28.4. The van der Waals surface area contributed by atoms with Crippen LogP contribution < -0.4 is 5.32 Å². The summed E-state index contributed by atoms with van der Waals surface area (Å²) < 4.78 is 13.4. The van der Waals surface area contributed by atoms with Gasteiger partial charge in [-0.2, -0.15) is 0 Å². The van der Waals surface area contributed by atoms with Gasteiger partial charge in [-0.3, -0.25) is 14.9 Å². The Kier molecular flexibility index (Phi) is 4.60. The van der Waals surface area contributed by atoms with Gasteiger partial charge in [-0.1, -0.05) is 6.07 Å². The highest BCUT2D eigenvalue weighted by Crippen LogP contribution is 2.20. The third-order valence-electron chi connectivity index (χ3n) is 4.22. The highest BCUT2D eigenvalue weighted by Gasteiger charge is 2.28. The molecule has 0 spiro atoms. The lowest BCUT2D eigenvalue weighted by Crippen LogP contribution is -2.32. The Bertz CT molecular complexity index is 810. The van der Waals surface area contributed by atoms with Crippen LogP contribution in [0.4, 0.5) is 15.9 Å². The lowest BCUT2D eigenvalue weighted by Gasteiger charge is -2.18. The van der Waals surface area contributed by atoms with Crippen LogP contribution in [0.5, 0.6) is 0 Å². The molecular formula is C17H17FN4O3. The van der Waals surface area contributed by atoms with Crippen molar-refractivity contribution < 1.29 is 14.1 Å². The van der Waals surface area contributed by atoms with Crippen LogP contribution in [0.1, 0.15) is 22.3 Å². The summed E-state index contributed by atoms with van der Waals surface area (Å²) in [7, 11) is 0. The van der Waals surface area contributed by atoms with Crippen molar-refractivity contribution in [1.82, 2.24) is 9.88 Å². The van der Waals surface area contributed by atoms with E-state index in [4.69, 9.17) is 0 Å². The van der Waals surface area contributed by atoms with Gasteiger partial charge < -0.3 is 10.2 Å². The fraction of sp³-hybridized carbons (Fsp3) is 0.294. The first-order chi connectivity index (χ1) is 11.9. The zero-order chi connectivity index (χ0) is 18.0. The van der Waals surface area contributed by atoms with E-state index in [0.29, 0.717) is 24.5 Å². The molecule has 2 heterocycles. The second-order valence-electron chi connectivity index (χ2n) is 6.00. The summed E-state index contributed by atoms with van der Waals surface area (Å²) in [5, 5.41) is 13.8. The molecule has 25 heavy (non-hydrogen) atoms. The maximum absolute atomic E-state index is 13.4. The van der Waals surface area contributed by atoms with Gasteiger partial charge in [0, 0.05) is 30.8 Å². The van der Waals surface area contributed by atoms with Gasteiger partial charge in [0.1, 0.15) is 17.8 Å². The number of rotatable bonds is 4. The molecule has 7 nitrogen and oxygen atoms in total. The molecule has 1 aromatic heterocycles. The molecule has 0 saturated carbocycles. The average Bonchev–Trinajstić information content (AvgIpc) is 3.05. The molecule has 1 aromatic carbocycles. The minimum Gasteiger partial charge on any atom is -0.365 e. The Balaban J connectivity index is 1.64. The Hall–Kier alpha value is -3.03. The molecule has 130 valence electrons. The highest BCUT2D eigenvalue weighted by molar-refractivity contribution is 5.95. The lowest BCUT2D eigenvalue weighted by molar-refractivity contribution is -0.385. The molecule has 1 amide bonds. The summed E-state index contributed by atoms with van der Waals surface area (Å²) in [6.45, 7) is 2.80. The van der Waals surface area contributed by atoms with Gasteiger partial charge in [-0.15, -0.1) is 0 Å². The van der Waals surface area contributed by atoms with E-state index in [1.165, 1.54) is 24.4 Å². The molecule has 1 atom stereocenters. The smallest absolute Gasteiger partial charge is 0.287 e. The number of pyridine rings is 1. The quantitative estimate of drug-likeness (QED) is 0.680. The van der Waals surface area contributed by atoms with Gasteiger partial charge in [-0.25, -0.2) is 9.37 Å². The van der Waals surface area contributed by atoms with E-state index in [-0.39, 0.29) is 17.6 Å². The number of nitrogens with one attached hydrogen (secondary N) is 1. The number of nitrogens with zero attached hydrogens (tertiary/aromatic N) is 3. The molecule has 1 aliphatic heterocycles. The monoisotopic (exact) mass is 344 g/mol. The van der Waals surface area contributed by atoms with Crippen LogP contribution in [0, 0.1) is 22.9 Å². The van der Waals surface area contributed by atoms with E-state index in [1.807, 2.05) is 0 Å². The first-order valence-electron chi connectivity index (χ1n) is 7.86. The minimum absolute atomic E-state index is 0.00762. The zero-order valence-electron chi connectivity index (χ0n) is 13.6. The van der Waals surface area contributed by atoms with Crippen molar-refractivity contribution in [2.24, 2.45) is 0 Å². The van der Waals surface area contributed by atoms with Crippen LogP contribution in [-0.4, -0.2) is 39.8 Å². The average molecular weight is 344 g/mol. The van der Waals surface area contributed by atoms with Crippen molar-refractivity contribution >= 4 is 17.4 Å². The van der Waals surface area contributed by atoms with E-state index >= 15 is 0 Å². The van der Waals surface area contributed by atoms with Crippen LogP contribution in [-0.2, 0) is 0 Å². The first kappa shape index (κ1) is 16.8. The van der Waals surface area contributed by atoms with E-state index in [1.54, 1.807) is 24.0 Å². The molecule has 1 fully saturated rings. The van der Waals surface area contributed by atoms with Crippen LogP contribution in [0.3, 0.4) is 0 Å². The number of carbonyl (C=O) groups excluding carboxylic acids is 1. The second kappa shape index (κ2) is 6.84. The van der Waals surface area contributed by atoms with Crippen molar-refractivity contribution in [2.75, 3.05) is 18.4 Å². The predicted octanol–water partition coefficient (Wildman–Crippen LogP) is 2.76. The Labute approximate surface area is 143 Å². The normalized spacial score (nSPS) is 16.7. The second-order valence-corrected chi connectivity index (χ2v) is 6.00. The molecular weight excluding hydrogens is 327 g/mol. The van der Waals surface area contributed by atoms with E-state index in [9.17, 15) is 19.3 Å². The number of amides is 1. The number of carbonyl (C=O) groups is 1. The van der Waals surface area contributed by atoms with Crippen molar-refractivity contribution in [3.63, 3.8) is 0 Å². The zero-order valence-corrected chi connectivity index (χ0v) is 13.6. The number of aryl methyl sites for hydroxylation is 1. The fourth-order valence-corrected chi connectivity index (χ4v) is 2.85. The fourth-order valence-electron chi connectivity index (χ4n) is 2.85. The first-order valence-corrected chi connectivity index (χ1v) is 7.86. The number of nitro groups is 1. The standard InChI is InChI=1S/C17H17FN4O3/c1-11-2-3-12(18)8-15(11)17(23)21-7-6-13(10-21)20-16-5-4-14(9-19-16)22(24)25/h2-5,8-9,13H,6-7,10H2,1H3,(H,19,20)/t13-/m0/s1. The van der Waals surface area contributed by atoms with Gasteiger partial charge in [0.25, 0.3) is 11.6 Å². The summed E-state index contributed by atoms with van der Waals surface area (Å²) in [6, 6.07) is 7.10. The van der Waals surface area contributed by atoms with Crippen LogP contribution >= 0.6 is 0 Å². The molecule has 0 unspecified atom stereocenters. The number of benzene rings is 1. The molecule has 0 radical (unpaired) electrons. The van der Waals surface area contributed by atoms with Crippen molar-refractivity contribution in [3.8, 4) is 0 Å². The van der Waals surface area contributed by atoms with Crippen molar-refractivity contribution in [1.29, 1.82) is 0 Å². The van der Waals surface area contributed by atoms with E-state index in [0.717, 1.165) is 12.0 Å². The SMILES string of the molecule is Cc1ccc(F)cc1C(=O)N1CC[C@H](Nc2ccc([N+](=O)[O-])cn2)C1. The molecule has 1 saturated heterocycles.